The van der Waals surface area contributed by atoms with E-state index < -0.39 is 0 Å². The highest BCUT2D eigenvalue weighted by atomic mass is 16.2. The lowest BCUT2D eigenvalue weighted by Crippen LogP contribution is -2.40. The fourth-order valence-corrected chi connectivity index (χ4v) is 2.74. The van der Waals surface area contributed by atoms with Crippen molar-refractivity contribution in [2.24, 2.45) is 5.92 Å². The van der Waals surface area contributed by atoms with Crippen LogP contribution in [-0.4, -0.2) is 39.1 Å². The average molecular weight is 285 g/mol. The number of hydrogen-bond donors (Lipinski definition) is 2. The number of nitrogens with one attached hydrogen (secondary N) is 2. The van der Waals surface area contributed by atoms with Gasteiger partial charge in [-0.2, -0.15) is 10.1 Å². The molecule has 0 bridgehead atoms. The SMILES string of the molecule is O=C(Nc1ncn[nH]1)C1CCCN(Cc2ccccc2)C1. The van der Waals surface area contributed by atoms with Crippen molar-refractivity contribution in [2.45, 2.75) is 19.4 Å². The molecule has 3 rings (SSSR count). The third-order valence-corrected chi connectivity index (χ3v) is 3.78. The van der Waals surface area contributed by atoms with Crippen LogP contribution in [0.3, 0.4) is 0 Å². The molecule has 1 unspecified atom stereocenters. The van der Waals surface area contributed by atoms with Gasteiger partial charge < -0.3 is 0 Å². The molecule has 1 saturated heterocycles. The lowest BCUT2D eigenvalue weighted by atomic mass is 9.96. The number of aromatic nitrogens is 3. The number of amides is 1. The van der Waals surface area contributed by atoms with Crippen molar-refractivity contribution in [3.63, 3.8) is 0 Å². The average Bonchev–Trinajstić information content (AvgIpc) is 3.01. The summed E-state index contributed by atoms with van der Waals surface area (Å²) in [5.41, 5.74) is 1.29. The van der Waals surface area contributed by atoms with Crippen molar-refractivity contribution in [1.29, 1.82) is 0 Å². The number of piperidine rings is 1. The molecule has 0 spiro atoms. The van der Waals surface area contributed by atoms with Gasteiger partial charge in [-0.05, 0) is 24.9 Å². The van der Waals surface area contributed by atoms with Crippen molar-refractivity contribution in [3.05, 3.63) is 42.2 Å². The van der Waals surface area contributed by atoms with E-state index >= 15 is 0 Å². The molecule has 2 heterocycles. The van der Waals surface area contributed by atoms with Gasteiger partial charge in [-0.15, -0.1) is 0 Å². The summed E-state index contributed by atoms with van der Waals surface area (Å²) in [5.74, 6) is 0.442. The molecule has 1 aromatic carbocycles. The van der Waals surface area contributed by atoms with E-state index in [0.29, 0.717) is 5.95 Å². The van der Waals surface area contributed by atoms with Gasteiger partial charge in [0, 0.05) is 13.1 Å². The minimum absolute atomic E-state index is 0.00700. The first-order valence-electron chi connectivity index (χ1n) is 7.24. The molecule has 1 aromatic heterocycles. The van der Waals surface area contributed by atoms with Crippen LogP contribution in [0.25, 0.3) is 0 Å². The molecule has 1 aliphatic rings. The van der Waals surface area contributed by atoms with Gasteiger partial charge in [0.05, 0.1) is 5.92 Å². The van der Waals surface area contributed by atoms with E-state index in [2.05, 4.69) is 37.5 Å². The summed E-state index contributed by atoms with van der Waals surface area (Å²) in [5, 5.41) is 9.16. The van der Waals surface area contributed by atoms with Gasteiger partial charge in [-0.1, -0.05) is 30.3 Å². The molecule has 1 amide bonds. The van der Waals surface area contributed by atoms with Gasteiger partial charge in [0.15, 0.2) is 0 Å². The first-order chi connectivity index (χ1) is 10.3. The summed E-state index contributed by atoms with van der Waals surface area (Å²) in [7, 11) is 0. The standard InChI is InChI=1S/C15H19N5O/c21-14(18-15-16-11-17-19-15)13-7-4-8-20(10-13)9-12-5-2-1-3-6-12/h1-3,5-6,11,13H,4,7-10H2,(H2,16,17,18,19,21). The smallest absolute Gasteiger partial charge is 0.231 e. The van der Waals surface area contributed by atoms with Gasteiger partial charge in [-0.3, -0.25) is 15.0 Å². The molecular weight excluding hydrogens is 266 g/mol. The minimum atomic E-state index is 0.00700. The molecule has 0 radical (unpaired) electrons. The summed E-state index contributed by atoms with van der Waals surface area (Å²) in [6, 6.07) is 10.4. The van der Waals surface area contributed by atoms with Crippen LogP contribution in [0.2, 0.25) is 0 Å². The van der Waals surface area contributed by atoms with Gasteiger partial charge in [0.1, 0.15) is 6.33 Å². The lowest BCUT2D eigenvalue weighted by Gasteiger charge is -2.31. The van der Waals surface area contributed by atoms with Crippen LogP contribution in [0.1, 0.15) is 18.4 Å². The van der Waals surface area contributed by atoms with E-state index in [4.69, 9.17) is 0 Å². The van der Waals surface area contributed by atoms with Crippen LogP contribution in [0, 0.1) is 5.92 Å². The fourth-order valence-electron chi connectivity index (χ4n) is 2.74. The van der Waals surface area contributed by atoms with Crippen molar-refractivity contribution in [3.8, 4) is 0 Å². The molecule has 6 heteroatoms. The Bertz CT molecular complexity index is 569. The van der Waals surface area contributed by atoms with Crippen molar-refractivity contribution < 1.29 is 4.79 Å². The highest BCUT2D eigenvalue weighted by molar-refractivity contribution is 5.91. The number of nitrogens with zero attached hydrogens (tertiary/aromatic N) is 3. The Kier molecular flexibility index (Phi) is 4.25. The Morgan fingerprint density at radius 2 is 2.24 bits per heavy atom. The molecule has 0 saturated carbocycles. The second kappa shape index (κ2) is 6.49. The Labute approximate surface area is 123 Å². The summed E-state index contributed by atoms with van der Waals surface area (Å²) in [6.45, 7) is 2.72. The van der Waals surface area contributed by atoms with Crippen molar-refractivity contribution >= 4 is 11.9 Å². The number of carbonyl (C=O) groups excluding carboxylic acids is 1. The minimum Gasteiger partial charge on any atom is -0.298 e. The monoisotopic (exact) mass is 285 g/mol. The Morgan fingerprint density at radius 3 is 3.00 bits per heavy atom. The summed E-state index contributed by atoms with van der Waals surface area (Å²) < 4.78 is 0. The van der Waals surface area contributed by atoms with Crippen LogP contribution >= 0.6 is 0 Å². The van der Waals surface area contributed by atoms with Crippen LogP contribution in [0.5, 0.6) is 0 Å². The second-order valence-electron chi connectivity index (χ2n) is 5.38. The number of carbonyl (C=O) groups is 1. The maximum absolute atomic E-state index is 12.2. The van der Waals surface area contributed by atoms with E-state index in [0.717, 1.165) is 32.5 Å². The van der Waals surface area contributed by atoms with Gasteiger partial charge in [-0.25, -0.2) is 5.10 Å². The van der Waals surface area contributed by atoms with Gasteiger partial charge in [0.2, 0.25) is 11.9 Å². The van der Waals surface area contributed by atoms with Crippen molar-refractivity contribution in [1.82, 2.24) is 20.1 Å². The topological polar surface area (TPSA) is 73.9 Å². The maximum atomic E-state index is 12.2. The molecule has 0 aliphatic carbocycles. The zero-order valence-electron chi connectivity index (χ0n) is 11.8. The highest BCUT2D eigenvalue weighted by Gasteiger charge is 2.26. The van der Waals surface area contributed by atoms with Gasteiger partial charge in [0.25, 0.3) is 0 Å². The molecule has 21 heavy (non-hydrogen) atoms. The molecule has 2 aromatic rings. The van der Waals surface area contributed by atoms with E-state index in [1.54, 1.807) is 0 Å². The number of H-pyrrole nitrogens is 1. The summed E-state index contributed by atoms with van der Waals surface area (Å²) in [6.07, 6.45) is 3.35. The molecule has 1 aliphatic heterocycles. The summed E-state index contributed by atoms with van der Waals surface area (Å²) >= 11 is 0. The first-order valence-corrected chi connectivity index (χ1v) is 7.24. The quantitative estimate of drug-likeness (QED) is 0.896. The zero-order valence-corrected chi connectivity index (χ0v) is 11.8. The van der Waals surface area contributed by atoms with Crippen LogP contribution < -0.4 is 5.32 Å². The number of likely N-dealkylation sites (tertiary alicyclic amines) is 1. The third-order valence-electron chi connectivity index (χ3n) is 3.78. The van der Waals surface area contributed by atoms with E-state index in [1.165, 1.54) is 11.9 Å². The number of aromatic amines is 1. The highest BCUT2D eigenvalue weighted by Crippen LogP contribution is 2.19. The maximum Gasteiger partial charge on any atom is 0.231 e. The molecule has 110 valence electrons. The zero-order chi connectivity index (χ0) is 14.5. The molecule has 1 atom stereocenters. The molecular formula is C15H19N5O. The predicted octanol–water partition coefficient (Wildman–Crippen LogP) is 1.66. The van der Waals surface area contributed by atoms with Crippen LogP contribution in [0.15, 0.2) is 36.7 Å². The number of hydrogen-bond acceptors (Lipinski definition) is 4. The van der Waals surface area contributed by atoms with E-state index in [-0.39, 0.29) is 11.8 Å². The fraction of sp³-hybridized carbons (Fsp3) is 0.400. The van der Waals surface area contributed by atoms with E-state index in [9.17, 15) is 4.79 Å². The Hall–Kier alpha value is -2.21. The molecule has 6 nitrogen and oxygen atoms in total. The Balaban J connectivity index is 1.56. The number of benzene rings is 1. The number of anilines is 1. The third kappa shape index (κ3) is 3.66. The van der Waals surface area contributed by atoms with Gasteiger partial charge >= 0.3 is 0 Å². The summed E-state index contributed by atoms with van der Waals surface area (Å²) in [4.78, 5) is 18.5. The lowest BCUT2D eigenvalue weighted by molar-refractivity contribution is -0.121. The van der Waals surface area contributed by atoms with Crippen molar-refractivity contribution in [2.75, 3.05) is 18.4 Å². The first kappa shape index (κ1) is 13.8. The number of rotatable bonds is 4. The van der Waals surface area contributed by atoms with Crippen LogP contribution in [0.4, 0.5) is 5.95 Å². The molecule has 1 fully saturated rings. The second-order valence-corrected chi connectivity index (χ2v) is 5.38. The van der Waals surface area contributed by atoms with Crippen LogP contribution in [-0.2, 0) is 11.3 Å². The Morgan fingerprint density at radius 1 is 1.38 bits per heavy atom. The predicted molar refractivity (Wildman–Crippen MR) is 79.5 cm³/mol. The largest absolute Gasteiger partial charge is 0.298 e. The molecule has 2 N–H and O–H groups in total. The normalized spacial score (nSPS) is 19.3. The van der Waals surface area contributed by atoms with E-state index in [1.807, 2.05) is 18.2 Å².